The van der Waals surface area contributed by atoms with Crippen LogP contribution in [0.25, 0.3) is 0 Å². The van der Waals surface area contributed by atoms with Gasteiger partial charge in [0.2, 0.25) is 15.9 Å². The third-order valence-electron chi connectivity index (χ3n) is 3.46. The van der Waals surface area contributed by atoms with E-state index in [4.69, 9.17) is 5.14 Å². The SMILES string of the molecule is Cc1ccccc1CSCCC(=O)Nc1ccc(S(N)(=O)=O)cc1. The van der Waals surface area contributed by atoms with Gasteiger partial charge in [-0.25, -0.2) is 13.6 Å². The van der Waals surface area contributed by atoms with Gasteiger partial charge in [0.05, 0.1) is 4.90 Å². The van der Waals surface area contributed by atoms with Crippen LogP contribution >= 0.6 is 11.8 Å². The van der Waals surface area contributed by atoms with Crippen molar-refractivity contribution >= 4 is 33.4 Å². The highest BCUT2D eigenvalue weighted by molar-refractivity contribution is 7.98. The molecule has 0 atom stereocenters. The molecule has 1 amide bonds. The molecule has 0 aliphatic rings. The smallest absolute Gasteiger partial charge is 0.238 e. The molecule has 0 fully saturated rings. The second-order valence-electron chi connectivity index (χ2n) is 5.35. The zero-order valence-corrected chi connectivity index (χ0v) is 15.0. The number of thioether (sulfide) groups is 1. The lowest BCUT2D eigenvalue weighted by Crippen LogP contribution is -2.14. The molecule has 2 aromatic carbocycles. The number of primary sulfonamides is 1. The Balaban J connectivity index is 1.76. The first kappa shape index (κ1) is 18.5. The number of amides is 1. The van der Waals surface area contributed by atoms with E-state index in [2.05, 4.69) is 24.4 Å². The number of nitrogens with one attached hydrogen (secondary N) is 1. The molecule has 0 spiro atoms. The van der Waals surface area contributed by atoms with E-state index in [1.807, 2.05) is 12.1 Å². The summed E-state index contributed by atoms with van der Waals surface area (Å²) < 4.78 is 22.3. The number of sulfonamides is 1. The van der Waals surface area contributed by atoms with E-state index in [1.165, 1.54) is 35.4 Å². The fraction of sp³-hybridized carbons (Fsp3) is 0.235. The second-order valence-corrected chi connectivity index (χ2v) is 8.01. The molecule has 3 N–H and O–H groups in total. The van der Waals surface area contributed by atoms with Gasteiger partial charge >= 0.3 is 0 Å². The predicted molar refractivity (Wildman–Crippen MR) is 98.4 cm³/mol. The third-order valence-corrected chi connectivity index (χ3v) is 5.40. The van der Waals surface area contributed by atoms with Crippen LogP contribution in [0.2, 0.25) is 0 Å². The molecule has 0 aliphatic heterocycles. The van der Waals surface area contributed by atoms with Gasteiger partial charge < -0.3 is 5.32 Å². The minimum absolute atomic E-state index is 0.0225. The molecule has 0 aromatic heterocycles. The minimum atomic E-state index is -3.71. The van der Waals surface area contributed by atoms with Crippen molar-refractivity contribution in [2.75, 3.05) is 11.1 Å². The Hall–Kier alpha value is -1.83. The van der Waals surface area contributed by atoms with Crippen molar-refractivity contribution in [3.8, 4) is 0 Å². The molecule has 0 heterocycles. The highest BCUT2D eigenvalue weighted by Crippen LogP contribution is 2.17. The molecule has 128 valence electrons. The van der Waals surface area contributed by atoms with E-state index in [9.17, 15) is 13.2 Å². The number of rotatable bonds is 7. The van der Waals surface area contributed by atoms with E-state index < -0.39 is 10.0 Å². The van der Waals surface area contributed by atoms with Gasteiger partial charge in [0.25, 0.3) is 0 Å². The van der Waals surface area contributed by atoms with Gasteiger partial charge in [0.15, 0.2) is 0 Å². The van der Waals surface area contributed by atoms with Crippen molar-refractivity contribution in [2.45, 2.75) is 24.0 Å². The Bertz CT molecular complexity index is 803. The molecule has 0 bridgehead atoms. The third kappa shape index (κ3) is 5.67. The molecule has 0 unspecified atom stereocenters. The molecular weight excluding hydrogens is 344 g/mol. The van der Waals surface area contributed by atoms with Gasteiger partial charge in [-0.15, -0.1) is 0 Å². The summed E-state index contributed by atoms with van der Waals surface area (Å²) in [4.78, 5) is 11.9. The van der Waals surface area contributed by atoms with Gasteiger partial charge in [-0.2, -0.15) is 11.8 Å². The maximum Gasteiger partial charge on any atom is 0.238 e. The largest absolute Gasteiger partial charge is 0.326 e. The minimum Gasteiger partial charge on any atom is -0.326 e. The number of carbonyl (C=O) groups excluding carboxylic acids is 1. The first-order valence-electron chi connectivity index (χ1n) is 7.41. The van der Waals surface area contributed by atoms with Crippen molar-refractivity contribution in [1.29, 1.82) is 0 Å². The summed E-state index contributed by atoms with van der Waals surface area (Å²) in [5.41, 5.74) is 3.09. The van der Waals surface area contributed by atoms with Crippen LogP contribution in [-0.4, -0.2) is 20.1 Å². The maximum absolute atomic E-state index is 11.9. The number of carbonyl (C=O) groups is 1. The monoisotopic (exact) mass is 364 g/mol. The summed E-state index contributed by atoms with van der Waals surface area (Å²) in [5, 5.41) is 7.77. The predicted octanol–water partition coefficient (Wildman–Crippen LogP) is 2.90. The van der Waals surface area contributed by atoms with Crippen molar-refractivity contribution in [1.82, 2.24) is 0 Å². The summed E-state index contributed by atoms with van der Waals surface area (Å²) in [6.07, 6.45) is 0.396. The van der Waals surface area contributed by atoms with Crippen molar-refractivity contribution < 1.29 is 13.2 Å². The van der Waals surface area contributed by atoms with Crippen LogP contribution in [0.15, 0.2) is 53.4 Å². The molecule has 0 aliphatic carbocycles. The summed E-state index contributed by atoms with van der Waals surface area (Å²) in [6.45, 7) is 2.08. The van der Waals surface area contributed by atoms with Crippen molar-refractivity contribution in [3.05, 3.63) is 59.7 Å². The average Bonchev–Trinajstić information content (AvgIpc) is 2.53. The molecule has 0 saturated heterocycles. The van der Waals surface area contributed by atoms with Crippen LogP contribution in [0, 0.1) is 6.92 Å². The summed E-state index contributed by atoms with van der Waals surface area (Å²) in [6, 6.07) is 14.0. The Morgan fingerprint density at radius 3 is 2.42 bits per heavy atom. The average molecular weight is 364 g/mol. The Kier molecular flexibility index (Phi) is 6.42. The fourth-order valence-corrected chi connectivity index (χ4v) is 3.60. The molecule has 24 heavy (non-hydrogen) atoms. The molecule has 7 heteroatoms. The van der Waals surface area contributed by atoms with Crippen LogP contribution in [0.3, 0.4) is 0 Å². The van der Waals surface area contributed by atoms with E-state index in [1.54, 1.807) is 11.8 Å². The number of hydrogen-bond donors (Lipinski definition) is 2. The van der Waals surface area contributed by atoms with Crippen LogP contribution in [0.4, 0.5) is 5.69 Å². The molecular formula is C17H20N2O3S2. The first-order valence-corrected chi connectivity index (χ1v) is 10.1. The van der Waals surface area contributed by atoms with Crippen molar-refractivity contribution in [2.24, 2.45) is 5.14 Å². The lowest BCUT2D eigenvalue weighted by atomic mass is 10.1. The number of benzene rings is 2. The Morgan fingerprint density at radius 1 is 1.12 bits per heavy atom. The van der Waals surface area contributed by atoms with Crippen molar-refractivity contribution in [3.63, 3.8) is 0 Å². The number of nitrogens with two attached hydrogens (primary N) is 1. The van der Waals surface area contributed by atoms with E-state index in [0.717, 1.165) is 11.5 Å². The highest BCUT2D eigenvalue weighted by Gasteiger charge is 2.08. The summed E-state index contributed by atoms with van der Waals surface area (Å²) in [5.74, 6) is 1.49. The van der Waals surface area contributed by atoms with Crippen LogP contribution in [0.1, 0.15) is 17.5 Å². The van der Waals surface area contributed by atoms with Gasteiger partial charge in [-0.1, -0.05) is 24.3 Å². The van der Waals surface area contributed by atoms with E-state index in [0.29, 0.717) is 12.1 Å². The molecule has 0 radical (unpaired) electrons. The topological polar surface area (TPSA) is 89.3 Å². The summed E-state index contributed by atoms with van der Waals surface area (Å²) >= 11 is 1.71. The lowest BCUT2D eigenvalue weighted by molar-refractivity contribution is -0.115. The highest BCUT2D eigenvalue weighted by atomic mass is 32.2. The van der Waals surface area contributed by atoms with E-state index in [-0.39, 0.29) is 10.8 Å². The lowest BCUT2D eigenvalue weighted by Gasteiger charge is -2.07. The van der Waals surface area contributed by atoms with Gasteiger partial charge in [-0.3, -0.25) is 4.79 Å². The standard InChI is InChI=1S/C17H20N2O3S2/c1-13-4-2-3-5-14(13)12-23-11-10-17(20)19-15-6-8-16(9-7-15)24(18,21)22/h2-9H,10-12H2,1H3,(H,19,20)(H2,18,21,22). The van der Waals surface area contributed by atoms with Gasteiger partial charge in [-0.05, 0) is 42.3 Å². The van der Waals surface area contributed by atoms with Gasteiger partial charge in [0, 0.05) is 23.6 Å². The Morgan fingerprint density at radius 2 is 1.79 bits per heavy atom. The molecule has 2 aromatic rings. The number of aryl methyl sites for hydroxylation is 1. The number of anilines is 1. The van der Waals surface area contributed by atoms with Crippen LogP contribution in [0.5, 0.6) is 0 Å². The fourth-order valence-electron chi connectivity index (χ4n) is 2.07. The summed E-state index contributed by atoms with van der Waals surface area (Å²) in [7, 11) is -3.71. The quantitative estimate of drug-likeness (QED) is 0.739. The van der Waals surface area contributed by atoms with E-state index >= 15 is 0 Å². The zero-order chi connectivity index (χ0) is 17.6. The maximum atomic E-state index is 11.9. The van der Waals surface area contributed by atoms with Crippen LogP contribution < -0.4 is 10.5 Å². The van der Waals surface area contributed by atoms with Gasteiger partial charge in [0.1, 0.15) is 0 Å². The van der Waals surface area contributed by atoms with Crippen LogP contribution in [-0.2, 0) is 20.6 Å². The first-order chi connectivity index (χ1) is 11.4. The Labute approximate surface area is 146 Å². The number of hydrogen-bond acceptors (Lipinski definition) is 4. The molecule has 5 nitrogen and oxygen atoms in total. The molecule has 2 rings (SSSR count). The molecule has 0 saturated carbocycles. The second kappa shape index (κ2) is 8.32. The normalized spacial score (nSPS) is 11.2. The zero-order valence-electron chi connectivity index (χ0n) is 13.4.